The third kappa shape index (κ3) is 4.19. The second-order valence-corrected chi connectivity index (χ2v) is 7.10. The minimum Gasteiger partial charge on any atom is -0.354 e. The van der Waals surface area contributed by atoms with Gasteiger partial charge in [0.05, 0.1) is 0 Å². The minimum atomic E-state index is 0.110. The molecule has 2 aromatic heterocycles. The fourth-order valence-electron chi connectivity index (χ4n) is 3.54. The van der Waals surface area contributed by atoms with E-state index in [1.165, 1.54) is 0 Å². The van der Waals surface area contributed by atoms with Gasteiger partial charge in [0.15, 0.2) is 0 Å². The molecule has 2 fully saturated rings. The van der Waals surface area contributed by atoms with Gasteiger partial charge in [0.1, 0.15) is 24.5 Å². The molecule has 0 radical (unpaired) electrons. The Kier molecular flexibility index (Phi) is 5.19. The zero-order valence-corrected chi connectivity index (χ0v) is 15.7. The van der Waals surface area contributed by atoms with Gasteiger partial charge in [-0.15, -0.1) is 0 Å². The standard InChI is InChI=1S/C18H26N8O/c1-22-5-7-23(8-6-22)16-13-17(20-15-19-16)24-9-11-25(12-10-24)18(27)14-26-4-2-3-21-26/h2-4,13,15H,5-12,14H2,1H3. The van der Waals surface area contributed by atoms with E-state index in [1.54, 1.807) is 17.2 Å². The van der Waals surface area contributed by atoms with Crippen LogP contribution in [0.5, 0.6) is 0 Å². The molecule has 0 atom stereocenters. The van der Waals surface area contributed by atoms with E-state index < -0.39 is 0 Å². The predicted molar refractivity (Wildman–Crippen MR) is 103 cm³/mol. The van der Waals surface area contributed by atoms with Crippen molar-refractivity contribution in [1.29, 1.82) is 0 Å². The number of aromatic nitrogens is 4. The lowest BCUT2D eigenvalue weighted by Gasteiger charge is -2.36. The van der Waals surface area contributed by atoms with Crippen molar-refractivity contribution in [2.24, 2.45) is 0 Å². The summed E-state index contributed by atoms with van der Waals surface area (Å²) >= 11 is 0. The topological polar surface area (TPSA) is 73.6 Å². The maximum absolute atomic E-state index is 12.4. The lowest BCUT2D eigenvalue weighted by atomic mass is 10.3. The first-order chi connectivity index (χ1) is 13.2. The number of hydrogen-bond acceptors (Lipinski definition) is 7. The Balaban J connectivity index is 1.34. The molecule has 1 amide bonds. The number of piperazine rings is 2. The molecule has 2 aliphatic heterocycles. The average Bonchev–Trinajstić information content (AvgIpc) is 3.22. The molecule has 0 aromatic carbocycles. The summed E-state index contributed by atoms with van der Waals surface area (Å²) in [6.07, 6.45) is 5.16. The fourth-order valence-corrected chi connectivity index (χ4v) is 3.54. The molecule has 2 aliphatic rings. The molecule has 0 unspecified atom stereocenters. The Morgan fingerprint density at radius 2 is 1.59 bits per heavy atom. The van der Waals surface area contributed by atoms with Crippen LogP contribution in [0, 0.1) is 0 Å². The van der Waals surface area contributed by atoms with Crippen LogP contribution in [0.15, 0.2) is 30.9 Å². The minimum absolute atomic E-state index is 0.110. The quantitative estimate of drug-likeness (QED) is 0.736. The highest BCUT2D eigenvalue weighted by Crippen LogP contribution is 2.20. The predicted octanol–water partition coefficient (Wildman–Crippen LogP) is -0.226. The van der Waals surface area contributed by atoms with Gasteiger partial charge in [0.2, 0.25) is 5.91 Å². The molecule has 2 aromatic rings. The van der Waals surface area contributed by atoms with Gasteiger partial charge < -0.3 is 19.6 Å². The number of carbonyl (C=O) groups excluding carboxylic acids is 1. The number of nitrogens with zero attached hydrogens (tertiary/aromatic N) is 8. The van der Waals surface area contributed by atoms with Crippen LogP contribution in [0.3, 0.4) is 0 Å². The number of amides is 1. The summed E-state index contributed by atoms with van der Waals surface area (Å²) < 4.78 is 1.67. The van der Waals surface area contributed by atoms with Gasteiger partial charge in [-0.3, -0.25) is 9.48 Å². The van der Waals surface area contributed by atoms with Crippen molar-refractivity contribution < 1.29 is 4.79 Å². The van der Waals surface area contributed by atoms with Crippen molar-refractivity contribution in [2.45, 2.75) is 6.54 Å². The van der Waals surface area contributed by atoms with Gasteiger partial charge >= 0.3 is 0 Å². The summed E-state index contributed by atoms with van der Waals surface area (Å²) in [7, 11) is 2.15. The average molecular weight is 370 g/mol. The van der Waals surface area contributed by atoms with Crippen LogP contribution >= 0.6 is 0 Å². The Hall–Kier alpha value is -2.68. The largest absolute Gasteiger partial charge is 0.354 e. The van der Waals surface area contributed by atoms with Crippen molar-refractivity contribution in [3.63, 3.8) is 0 Å². The van der Waals surface area contributed by atoms with Gasteiger partial charge in [-0.1, -0.05) is 0 Å². The molecule has 27 heavy (non-hydrogen) atoms. The Morgan fingerprint density at radius 1 is 0.963 bits per heavy atom. The lowest BCUT2D eigenvalue weighted by Crippen LogP contribution is -2.50. The van der Waals surface area contributed by atoms with Crippen LogP contribution in [0.2, 0.25) is 0 Å². The fraction of sp³-hybridized carbons (Fsp3) is 0.556. The van der Waals surface area contributed by atoms with Gasteiger partial charge in [0, 0.05) is 70.8 Å². The van der Waals surface area contributed by atoms with Crippen molar-refractivity contribution in [3.8, 4) is 0 Å². The van der Waals surface area contributed by atoms with Crippen LogP contribution in [-0.4, -0.2) is 94.9 Å². The van der Waals surface area contributed by atoms with Gasteiger partial charge in [-0.25, -0.2) is 9.97 Å². The maximum atomic E-state index is 12.4. The van der Waals surface area contributed by atoms with E-state index in [1.807, 2.05) is 17.2 Å². The summed E-state index contributed by atoms with van der Waals surface area (Å²) in [4.78, 5) is 30.1. The van der Waals surface area contributed by atoms with E-state index >= 15 is 0 Å². The highest BCUT2D eigenvalue weighted by Gasteiger charge is 2.23. The first-order valence-corrected chi connectivity index (χ1v) is 9.45. The van der Waals surface area contributed by atoms with Crippen LogP contribution < -0.4 is 9.80 Å². The normalized spacial score (nSPS) is 18.8. The zero-order chi connectivity index (χ0) is 18.6. The Bertz CT molecular complexity index is 748. The van der Waals surface area contributed by atoms with Crippen LogP contribution in [0.25, 0.3) is 0 Å². The summed E-state index contributed by atoms with van der Waals surface area (Å²) in [5.74, 6) is 2.04. The molecule has 0 spiro atoms. The first-order valence-electron chi connectivity index (χ1n) is 9.45. The van der Waals surface area contributed by atoms with Gasteiger partial charge in [0.25, 0.3) is 0 Å². The first kappa shape index (κ1) is 17.7. The highest BCUT2D eigenvalue weighted by atomic mass is 16.2. The Labute approximate surface area is 159 Å². The molecular formula is C18H26N8O. The molecule has 9 heteroatoms. The Morgan fingerprint density at radius 3 is 2.19 bits per heavy atom. The second kappa shape index (κ2) is 7.91. The van der Waals surface area contributed by atoms with Crippen molar-refractivity contribution in [3.05, 3.63) is 30.9 Å². The number of rotatable bonds is 4. The molecule has 4 heterocycles. The molecule has 0 bridgehead atoms. The van der Waals surface area contributed by atoms with Crippen molar-refractivity contribution in [2.75, 3.05) is 69.2 Å². The molecule has 0 N–H and O–H groups in total. The number of hydrogen-bond donors (Lipinski definition) is 0. The molecular weight excluding hydrogens is 344 g/mol. The number of likely N-dealkylation sites (N-methyl/N-ethyl adjacent to an activating group) is 1. The van der Waals surface area contributed by atoms with E-state index in [-0.39, 0.29) is 5.91 Å². The summed E-state index contributed by atoms with van der Waals surface area (Å²) in [5, 5.41) is 4.11. The van der Waals surface area contributed by atoms with Crippen molar-refractivity contribution in [1.82, 2.24) is 29.5 Å². The highest BCUT2D eigenvalue weighted by molar-refractivity contribution is 5.76. The SMILES string of the molecule is CN1CCN(c2cc(N3CCN(C(=O)Cn4cccn4)CC3)ncn2)CC1. The summed E-state index contributed by atoms with van der Waals surface area (Å²) in [6.45, 7) is 7.35. The third-order valence-corrected chi connectivity index (χ3v) is 5.28. The van der Waals surface area contributed by atoms with E-state index in [9.17, 15) is 4.79 Å². The molecule has 9 nitrogen and oxygen atoms in total. The lowest BCUT2D eigenvalue weighted by molar-refractivity contribution is -0.132. The van der Waals surface area contributed by atoms with E-state index in [0.717, 1.165) is 50.9 Å². The molecule has 4 rings (SSSR count). The third-order valence-electron chi connectivity index (χ3n) is 5.28. The van der Waals surface area contributed by atoms with Gasteiger partial charge in [-0.05, 0) is 13.1 Å². The van der Waals surface area contributed by atoms with Crippen LogP contribution in [0.4, 0.5) is 11.6 Å². The monoisotopic (exact) mass is 370 g/mol. The van der Waals surface area contributed by atoms with E-state index in [2.05, 4.69) is 42.9 Å². The van der Waals surface area contributed by atoms with E-state index in [4.69, 9.17) is 0 Å². The molecule has 144 valence electrons. The number of anilines is 2. The van der Waals surface area contributed by atoms with Crippen molar-refractivity contribution >= 4 is 17.5 Å². The number of carbonyl (C=O) groups is 1. The molecule has 0 aliphatic carbocycles. The summed E-state index contributed by atoms with van der Waals surface area (Å²) in [5.41, 5.74) is 0. The van der Waals surface area contributed by atoms with E-state index in [0.29, 0.717) is 19.6 Å². The van der Waals surface area contributed by atoms with Crippen LogP contribution in [-0.2, 0) is 11.3 Å². The summed E-state index contributed by atoms with van der Waals surface area (Å²) in [6, 6.07) is 3.91. The van der Waals surface area contributed by atoms with Gasteiger partial charge in [-0.2, -0.15) is 5.10 Å². The second-order valence-electron chi connectivity index (χ2n) is 7.10. The smallest absolute Gasteiger partial charge is 0.244 e. The van der Waals surface area contributed by atoms with Crippen LogP contribution in [0.1, 0.15) is 0 Å². The molecule has 2 saturated heterocycles. The molecule has 0 saturated carbocycles. The zero-order valence-electron chi connectivity index (χ0n) is 15.7. The maximum Gasteiger partial charge on any atom is 0.244 e.